The van der Waals surface area contributed by atoms with Gasteiger partial charge < -0.3 is 33.3 Å². The van der Waals surface area contributed by atoms with E-state index in [4.69, 9.17) is 28.4 Å². The Morgan fingerprint density at radius 3 is 2.41 bits per heavy atom. The number of hydrogen-bond donors (Lipinski definition) is 2. The number of amides is 2. The zero-order valence-electron chi connectivity index (χ0n) is 35.5. The summed E-state index contributed by atoms with van der Waals surface area (Å²) >= 11 is 0. The first-order chi connectivity index (χ1) is 28.2. The van der Waals surface area contributed by atoms with Crippen LogP contribution in [0.1, 0.15) is 82.1 Å². The fourth-order valence-corrected chi connectivity index (χ4v) is 8.98. The van der Waals surface area contributed by atoms with Crippen LogP contribution in [0, 0.1) is 6.92 Å². The Morgan fingerprint density at radius 1 is 0.983 bits per heavy atom. The second kappa shape index (κ2) is 21.3. The van der Waals surface area contributed by atoms with E-state index in [0.717, 1.165) is 53.2 Å². The van der Waals surface area contributed by atoms with Gasteiger partial charge in [0.15, 0.2) is 0 Å². The van der Waals surface area contributed by atoms with Gasteiger partial charge in [-0.15, -0.1) is 0 Å². The summed E-state index contributed by atoms with van der Waals surface area (Å²) in [6, 6.07) is 19.9. The lowest BCUT2D eigenvalue weighted by molar-refractivity contribution is -0.123. The lowest BCUT2D eigenvalue weighted by Crippen LogP contribution is -2.54. The Labute approximate surface area is 349 Å². The molecule has 0 spiro atoms. The van der Waals surface area contributed by atoms with Crippen molar-refractivity contribution in [3.8, 4) is 5.75 Å². The van der Waals surface area contributed by atoms with E-state index in [0.29, 0.717) is 33.0 Å². The number of methoxy groups -OCH3 is 1. The number of anilines is 1. The summed E-state index contributed by atoms with van der Waals surface area (Å²) in [5, 5.41) is 0. The van der Waals surface area contributed by atoms with Crippen molar-refractivity contribution in [3.05, 3.63) is 89.0 Å². The third-order valence-corrected chi connectivity index (χ3v) is 12.1. The molecule has 0 aliphatic carbocycles. The Morgan fingerprint density at radius 2 is 1.71 bits per heavy atom. The van der Waals surface area contributed by atoms with Crippen molar-refractivity contribution >= 4 is 27.7 Å². The van der Waals surface area contributed by atoms with Gasteiger partial charge >= 0.3 is 6.09 Å². The number of benzene rings is 3. The minimum absolute atomic E-state index is 0.0182. The highest BCUT2D eigenvalue weighted by Crippen LogP contribution is 2.39. The summed E-state index contributed by atoms with van der Waals surface area (Å²) in [6.07, 6.45) is -0.519. The highest BCUT2D eigenvalue weighted by molar-refractivity contribution is 7.89. The minimum Gasteiger partial charge on any atom is -0.490 e. The van der Waals surface area contributed by atoms with E-state index in [1.54, 1.807) is 52.1 Å². The van der Waals surface area contributed by atoms with Crippen LogP contribution in [0.5, 0.6) is 5.75 Å². The quantitative estimate of drug-likeness (QED) is 0.110. The molecule has 0 unspecified atom stereocenters. The molecule has 15 heteroatoms. The van der Waals surface area contributed by atoms with Gasteiger partial charge in [0.1, 0.15) is 18.0 Å². The molecule has 2 aliphatic heterocycles. The van der Waals surface area contributed by atoms with Crippen LogP contribution in [-0.4, -0.2) is 102 Å². The van der Waals surface area contributed by atoms with E-state index >= 15 is 0 Å². The molecule has 2 aliphatic rings. The zero-order chi connectivity index (χ0) is 42.6. The molecule has 5 rings (SSSR count). The number of piperidine rings is 1. The predicted octanol–water partition coefficient (Wildman–Crippen LogP) is 6.25. The topological polar surface area (TPSA) is 154 Å². The highest BCUT2D eigenvalue weighted by Gasteiger charge is 2.44. The van der Waals surface area contributed by atoms with E-state index in [1.165, 1.54) is 4.31 Å². The summed E-state index contributed by atoms with van der Waals surface area (Å²) in [5.74, 6) is -0.0549. The van der Waals surface area contributed by atoms with Crippen molar-refractivity contribution in [1.82, 2.24) is 15.2 Å². The van der Waals surface area contributed by atoms with Gasteiger partial charge in [-0.25, -0.2) is 18.6 Å². The lowest BCUT2D eigenvalue weighted by Gasteiger charge is -2.43. The van der Waals surface area contributed by atoms with Crippen LogP contribution >= 0.6 is 0 Å². The second-order valence-electron chi connectivity index (χ2n) is 16.1. The van der Waals surface area contributed by atoms with Crippen LogP contribution < -0.4 is 20.5 Å². The van der Waals surface area contributed by atoms with Crippen LogP contribution in [0.4, 0.5) is 10.5 Å². The van der Waals surface area contributed by atoms with Crippen molar-refractivity contribution in [2.45, 2.75) is 109 Å². The maximum absolute atomic E-state index is 14.5. The van der Waals surface area contributed by atoms with Crippen molar-refractivity contribution in [3.63, 3.8) is 0 Å². The third kappa shape index (κ3) is 13.4. The van der Waals surface area contributed by atoms with Crippen LogP contribution in [0.25, 0.3) is 0 Å². The predicted molar refractivity (Wildman–Crippen MR) is 225 cm³/mol. The average Bonchev–Trinajstić information content (AvgIpc) is 3.19. The molecule has 3 aromatic carbocycles. The molecule has 0 radical (unpaired) electrons. The summed E-state index contributed by atoms with van der Waals surface area (Å²) < 4.78 is 65.2. The molecule has 4 atom stereocenters. The van der Waals surface area contributed by atoms with Gasteiger partial charge in [0.2, 0.25) is 15.9 Å². The Hall–Kier alpha value is -4.25. The standard InChI is InChI=1S/C44H62N4O10S/c1-8-55-32(3)28-54-29-33-12-15-35(16-13-33)38-25-36(26-42(49)45-46-43(50)58-44(4,5)6)48(59(51,52)37-17-10-31(2)11-18-37)27-41(38)57-30-34-14-19-40-39(24-34)47(21-23-56-40)20-9-22-53-7/h10-19,24,32,36,38,41H,8-9,20-23,25-30H2,1-7H3,(H,45,49)(H,46,50)/t32-,36-,38-,41+/m1/s1. The minimum atomic E-state index is -4.11. The SMILES string of the molecule is CCO[C@H](C)COCc1ccc([C@H]2C[C@H](CC(=O)NNC(=O)OC(C)(C)C)N(S(=O)(=O)c3ccc(C)cc3)C[C@@H]2OCc2ccc3c(c2)N(CCCOC)CCO3)cc1. The summed E-state index contributed by atoms with van der Waals surface area (Å²) in [4.78, 5) is 28.2. The van der Waals surface area contributed by atoms with Gasteiger partial charge in [0.25, 0.3) is 0 Å². The number of aryl methyl sites for hydroxylation is 1. The monoisotopic (exact) mass is 838 g/mol. The molecular formula is C44H62N4O10S. The normalized spacial score (nSPS) is 19.0. The average molecular weight is 839 g/mol. The molecule has 0 aromatic heterocycles. The maximum atomic E-state index is 14.5. The number of hydrazine groups is 1. The number of fused-ring (bicyclic) bond motifs is 1. The van der Waals surface area contributed by atoms with Gasteiger partial charge in [0.05, 0.1) is 49.2 Å². The number of nitrogens with zero attached hydrogens (tertiary/aromatic N) is 2. The lowest BCUT2D eigenvalue weighted by atomic mass is 9.83. The molecule has 0 saturated carbocycles. The molecular weight excluding hydrogens is 777 g/mol. The summed E-state index contributed by atoms with van der Waals surface area (Å²) in [6.45, 7) is 15.5. The number of carbonyl (C=O) groups excluding carboxylic acids is 2. The molecule has 2 amide bonds. The van der Waals surface area contributed by atoms with E-state index < -0.39 is 39.8 Å². The van der Waals surface area contributed by atoms with Gasteiger partial charge in [-0.05, 0) is 95.3 Å². The van der Waals surface area contributed by atoms with Crippen molar-refractivity contribution in [2.75, 3.05) is 58.1 Å². The Kier molecular flexibility index (Phi) is 16.6. The molecule has 59 heavy (non-hydrogen) atoms. The zero-order valence-corrected chi connectivity index (χ0v) is 36.3. The van der Waals surface area contributed by atoms with Crippen LogP contribution in [0.15, 0.2) is 71.6 Å². The van der Waals surface area contributed by atoms with E-state index in [1.807, 2.05) is 57.2 Å². The smallest absolute Gasteiger partial charge is 0.426 e. The van der Waals surface area contributed by atoms with Crippen molar-refractivity contribution in [2.24, 2.45) is 0 Å². The molecule has 2 N–H and O–H groups in total. The van der Waals surface area contributed by atoms with E-state index in [-0.39, 0.29) is 42.9 Å². The summed E-state index contributed by atoms with van der Waals surface area (Å²) in [5.41, 5.74) is 8.66. The number of rotatable bonds is 18. The first-order valence-electron chi connectivity index (χ1n) is 20.4. The number of nitrogens with one attached hydrogen (secondary N) is 2. The van der Waals surface area contributed by atoms with E-state index in [2.05, 4.69) is 21.8 Å². The summed E-state index contributed by atoms with van der Waals surface area (Å²) in [7, 11) is -2.41. The second-order valence-corrected chi connectivity index (χ2v) is 18.0. The van der Waals surface area contributed by atoms with E-state index in [9.17, 15) is 18.0 Å². The molecule has 1 saturated heterocycles. The number of carbonyl (C=O) groups is 2. The van der Waals surface area contributed by atoms with Gasteiger partial charge in [-0.3, -0.25) is 10.2 Å². The largest absolute Gasteiger partial charge is 0.490 e. The maximum Gasteiger partial charge on any atom is 0.426 e. The number of sulfonamides is 1. The van der Waals surface area contributed by atoms with Crippen molar-refractivity contribution < 1.29 is 46.4 Å². The highest BCUT2D eigenvalue weighted by atomic mass is 32.2. The molecule has 3 aromatic rings. The fourth-order valence-electron chi connectivity index (χ4n) is 7.33. The van der Waals surface area contributed by atoms with Crippen LogP contribution in [-0.2, 0) is 51.7 Å². The number of hydrogen-bond acceptors (Lipinski definition) is 11. The molecule has 324 valence electrons. The fraction of sp³-hybridized carbons (Fsp3) is 0.545. The first-order valence-corrected chi connectivity index (χ1v) is 21.9. The molecule has 1 fully saturated rings. The number of ether oxygens (including phenoxy) is 6. The molecule has 2 heterocycles. The van der Waals surface area contributed by atoms with Gasteiger partial charge in [0, 0.05) is 51.8 Å². The Balaban J connectivity index is 1.43. The first kappa shape index (κ1) is 45.8. The van der Waals surface area contributed by atoms with Gasteiger partial charge in [-0.1, -0.05) is 48.0 Å². The third-order valence-electron chi connectivity index (χ3n) is 10.2. The van der Waals surface area contributed by atoms with Crippen LogP contribution in [0.2, 0.25) is 0 Å². The molecule has 14 nitrogen and oxygen atoms in total. The molecule has 0 bridgehead atoms. The Bertz CT molecular complexity index is 1920. The van der Waals surface area contributed by atoms with Gasteiger partial charge in [-0.2, -0.15) is 4.31 Å². The van der Waals surface area contributed by atoms with Crippen molar-refractivity contribution in [1.29, 1.82) is 0 Å². The van der Waals surface area contributed by atoms with Crippen LogP contribution in [0.3, 0.4) is 0 Å².